The second-order valence-corrected chi connectivity index (χ2v) is 8.49. The van der Waals surface area contributed by atoms with Crippen molar-refractivity contribution in [3.8, 4) is 5.75 Å². The number of nitrogens with one attached hydrogen (secondary N) is 3. The molecule has 1 spiro atoms. The zero-order valence-corrected chi connectivity index (χ0v) is 17.5. The smallest absolute Gasteiger partial charge is 0.315 e. The average Bonchev–Trinajstić information content (AvgIpc) is 3.21. The molecule has 1 fully saturated rings. The maximum Gasteiger partial charge on any atom is 0.315 e. The predicted octanol–water partition coefficient (Wildman–Crippen LogP) is 2.54. The van der Waals surface area contributed by atoms with E-state index in [1.54, 1.807) is 12.5 Å². The van der Waals surface area contributed by atoms with Gasteiger partial charge in [-0.15, -0.1) is 0 Å². The molecule has 8 heteroatoms. The number of para-hydroxylation sites is 1. The lowest BCUT2D eigenvalue weighted by molar-refractivity contribution is -0.134. The molecule has 2 aromatic rings. The molecule has 0 radical (unpaired) electrons. The van der Waals surface area contributed by atoms with E-state index in [2.05, 4.69) is 20.6 Å². The van der Waals surface area contributed by atoms with Gasteiger partial charge >= 0.3 is 6.03 Å². The molecule has 8 nitrogen and oxygen atoms in total. The van der Waals surface area contributed by atoms with Gasteiger partial charge in [-0.1, -0.05) is 18.2 Å². The number of amides is 3. The van der Waals surface area contributed by atoms with Crippen molar-refractivity contribution in [3.63, 3.8) is 0 Å². The maximum absolute atomic E-state index is 12.6. The highest BCUT2D eigenvalue weighted by Crippen LogP contribution is 2.44. The van der Waals surface area contributed by atoms with Crippen molar-refractivity contribution < 1.29 is 14.3 Å². The number of hydrogen-bond donors (Lipinski definition) is 3. The molecule has 1 aromatic carbocycles. The maximum atomic E-state index is 12.6. The molecule has 1 saturated heterocycles. The van der Waals surface area contributed by atoms with Crippen LogP contribution in [0.15, 0.2) is 36.8 Å². The van der Waals surface area contributed by atoms with Gasteiger partial charge in [-0.3, -0.25) is 4.79 Å². The highest BCUT2D eigenvalue weighted by molar-refractivity contribution is 5.78. The Morgan fingerprint density at radius 2 is 2.07 bits per heavy atom. The number of carbonyl (C=O) groups is 2. The standard InChI is InChI=1S/C22H29N5O3/c1-15(2)25-21(29)26-18-12-22(30-19-6-4-3-5-17(18)19)7-9-27(10-8-22)20(28)11-16-13-23-14-24-16/h3-6,13-15,18H,7-12H2,1-2H3,(H,23,24)(H2,25,26,29). The van der Waals surface area contributed by atoms with Crippen molar-refractivity contribution in [2.45, 2.75) is 57.2 Å². The summed E-state index contributed by atoms with van der Waals surface area (Å²) in [5.74, 6) is 0.909. The van der Waals surface area contributed by atoms with Crippen LogP contribution < -0.4 is 15.4 Å². The van der Waals surface area contributed by atoms with Gasteiger partial charge in [-0.25, -0.2) is 9.78 Å². The normalized spacial score (nSPS) is 19.8. The van der Waals surface area contributed by atoms with Crippen molar-refractivity contribution in [2.24, 2.45) is 0 Å². The van der Waals surface area contributed by atoms with Crippen LogP contribution in [0.3, 0.4) is 0 Å². The highest BCUT2D eigenvalue weighted by Gasteiger charge is 2.44. The van der Waals surface area contributed by atoms with Crippen LogP contribution in [0.2, 0.25) is 0 Å². The summed E-state index contributed by atoms with van der Waals surface area (Å²) in [7, 11) is 0. The fourth-order valence-electron chi connectivity index (χ4n) is 4.34. The number of aromatic amines is 1. The van der Waals surface area contributed by atoms with Crippen LogP contribution in [0.25, 0.3) is 0 Å². The van der Waals surface area contributed by atoms with Gasteiger partial charge in [0.15, 0.2) is 0 Å². The van der Waals surface area contributed by atoms with Gasteiger partial charge in [0, 0.05) is 55.8 Å². The third kappa shape index (κ3) is 4.42. The molecule has 3 N–H and O–H groups in total. The Bertz CT molecular complexity index is 888. The second kappa shape index (κ2) is 8.38. The van der Waals surface area contributed by atoms with Crippen LogP contribution in [-0.4, -0.2) is 51.5 Å². The first-order chi connectivity index (χ1) is 14.4. The van der Waals surface area contributed by atoms with Gasteiger partial charge in [0.2, 0.25) is 5.91 Å². The number of H-pyrrole nitrogens is 1. The van der Waals surface area contributed by atoms with Crippen LogP contribution >= 0.6 is 0 Å². The lowest BCUT2D eigenvalue weighted by atomic mass is 9.80. The predicted molar refractivity (Wildman–Crippen MR) is 112 cm³/mol. The summed E-state index contributed by atoms with van der Waals surface area (Å²) in [6.45, 7) is 5.16. The SMILES string of the molecule is CC(C)NC(=O)NC1CC2(CCN(C(=O)Cc3cnc[nH]3)CC2)Oc2ccccc21. The minimum atomic E-state index is -0.380. The van der Waals surface area contributed by atoms with E-state index in [1.807, 2.05) is 43.0 Å². The quantitative estimate of drug-likeness (QED) is 0.720. The molecule has 1 atom stereocenters. The van der Waals surface area contributed by atoms with Gasteiger partial charge in [-0.2, -0.15) is 0 Å². The van der Waals surface area contributed by atoms with E-state index in [-0.39, 0.29) is 29.6 Å². The average molecular weight is 412 g/mol. The third-order valence-corrected chi connectivity index (χ3v) is 5.85. The Hall–Kier alpha value is -3.03. The van der Waals surface area contributed by atoms with E-state index in [1.165, 1.54) is 0 Å². The van der Waals surface area contributed by atoms with Crippen LogP contribution in [0, 0.1) is 0 Å². The van der Waals surface area contributed by atoms with E-state index >= 15 is 0 Å². The zero-order valence-electron chi connectivity index (χ0n) is 17.5. The number of urea groups is 1. The first-order valence-electron chi connectivity index (χ1n) is 10.5. The largest absolute Gasteiger partial charge is 0.487 e. The van der Waals surface area contributed by atoms with E-state index in [4.69, 9.17) is 4.74 Å². The molecular formula is C22H29N5O3. The molecule has 4 rings (SSSR count). The van der Waals surface area contributed by atoms with E-state index in [0.29, 0.717) is 25.9 Å². The van der Waals surface area contributed by atoms with Crippen molar-refractivity contribution in [1.29, 1.82) is 0 Å². The molecule has 2 aliphatic rings. The highest BCUT2D eigenvalue weighted by atomic mass is 16.5. The molecule has 0 bridgehead atoms. The van der Waals surface area contributed by atoms with E-state index in [0.717, 1.165) is 29.8 Å². The second-order valence-electron chi connectivity index (χ2n) is 8.49. The molecule has 1 unspecified atom stereocenters. The van der Waals surface area contributed by atoms with Crippen LogP contribution in [-0.2, 0) is 11.2 Å². The van der Waals surface area contributed by atoms with Gasteiger partial charge in [0.1, 0.15) is 11.4 Å². The van der Waals surface area contributed by atoms with Gasteiger partial charge in [0.05, 0.1) is 18.8 Å². The number of nitrogens with zero attached hydrogens (tertiary/aromatic N) is 2. The Morgan fingerprint density at radius 1 is 1.30 bits per heavy atom. The lowest BCUT2D eigenvalue weighted by Crippen LogP contribution is -2.54. The van der Waals surface area contributed by atoms with Gasteiger partial charge < -0.3 is 25.3 Å². The van der Waals surface area contributed by atoms with Crippen LogP contribution in [0.4, 0.5) is 4.79 Å². The van der Waals surface area contributed by atoms with E-state index < -0.39 is 0 Å². The minimum absolute atomic E-state index is 0.0677. The number of piperidine rings is 1. The first kappa shape index (κ1) is 20.3. The monoisotopic (exact) mass is 411 g/mol. The van der Waals surface area contributed by atoms with Crippen molar-refractivity contribution in [2.75, 3.05) is 13.1 Å². The summed E-state index contributed by atoms with van der Waals surface area (Å²) in [5.41, 5.74) is 1.44. The summed E-state index contributed by atoms with van der Waals surface area (Å²) in [6, 6.07) is 7.65. The van der Waals surface area contributed by atoms with Crippen LogP contribution in [0.5, 0.6) is 5.75 Å². The summed E-state index contributed by atoms with van der Waals surface area (Å²) in [6.07, 6.45) is 5.76. The van der Waals surface area contributed by atoms with Crippen molar-refractivity contribution in [3.05, 3.63) is 48.0 Å². The number of fused-ring (bicyclic) bond motifs is 1. The molecule has 1 aromatic heterocycles. The number of carbonyl (C=O) groups excluding carboxylic acids is 2. The van der Waals surface area contributed by atoms with Crippen molar-refractivity contribution in [1.82, 2.24) is 25.5 Å². The number of aromatic nitrogens is 2. The number of rotatable bonds is 4. The molecule has 0 aliphatic carbocycles. The molecule has 2 aliphatic heterocycles. The van der Waals surface area contributed by atoms with Crippen molar-refractivity contribution >= 4 is 11.9 Å². The van der Waals surface area contributed by atoms with Gasteiger partial charge in [0.25, 0.3) is 0 Å². The summed E-state index contributed by atoms with van der Waals surface area (Å²) in [5, 5.41) is 6.02. The fourth-order valence-corrected chi connectivity index (χ4v) is 4.34. The Morgan fingerprint density at radius 3 is 2.77 bits per heavy atom. The first-order valence-corrected chi connectivity index (χ1v) is 10.5. The number of benzene rings is 1. The molecule has 30 heavy (non-hydrogen) atoms. The van der Waals surface area contributed by atoms with Crippen LogP contribution in [0.1, 0.15) is 50.4 Å². The molecular weight excluding hydrogens is 382 g/mol. The number of imidazole rings is 1. The number of likely N-dealkylation sites (tertiary alicyclic amines) is 1. The minimum Gasteiger partial charge on any atom is -0.487 e. The summed E-state index contributed by atoms with van der Waals surface area (Å²) < 4.78 is 6.46. The Labute approximate surface area is 176 Å². The van der Waals surface area contributed by atoms with E-state index in [9.17, 15) is 9.59 Å². The van der Waals surface area contributed by atoms with Gasteiger partial charge in [-0.05, 0) is 19.9 Å². The summed E-state index contributed by atoms with van der Waals surface area (Å²) >= 11 is 0. The third-order valence-electron chi connectivity index (χ3n) is 5.85. The summed E-state index contributed by atoms with van der Waals surface area (Å²) in [4.78, 5) is 33.8. The number of ether oxygens (including phenoxy) is 1. The molecule has 160 valence electrons. The number of hydrogen-bond acceptors (Lipinski definition) is 4. The zero-order chi connectivity index (χ0) is 21.1. The molecule has 3 heterocycles. The lowest BCUT2D eigenvalue weighted by Gasteiger charge is -2.47. The molecule has 3 amide bonds. The Balaban J connectivity index is 1.44. The fraction of sp³-hybridized carbons (Fsp3) is 0.500. The molecule has 0 saturated carbocycles. The Kier molecular flexibility index (Phi) is 5.65. The topological polar surface area (TPSA) is 99.4 Å².